The SMILES string of the molecule is CCOC(=O)C1=C(O)/C(=C\c2ccc(O)c(O)c2)SC1=Nc1ccc(OCC)cc1. The van der Waals surface area contributed by atoms with Gasteiger partial charge in [-0.3, -0.25) is 0 Å². The van der Waals surface area contributed by atoms with Crippen LogP contribution in [0.3, 0.4) is 0 Å². The summed E-state index contributed by atoms with van der Waals surface area (Å²) in [5.74, 6) is -0.761. The van der Waals surface area contributed by atoms with Crippen molar-refractivity contribution in [3.63, 3.8) is 0 Å². The smallest absolute Gasteiger partial charge is 0.344 e. The molecule has 0 fully saturated rings. The molecule has 0 atom stereocenters. The summed E-state index contributed by atoms with van der Waals surface area (Å²) in [6, 6.07) is 11.3. The summed E-state index contributed by atoms with van der Waals surface area (Å²) in [7, 11) is 0. The lowest BCUT2D eigenvalue weighted by molar-refractivity contribution is -0.138. The Labute approximate surface area is 178 Å². The molecule has 0 radical (unpaired) electrons. The first-order valence-electron chi connectivity index (χ1n) is 9.27. The number of benzene rings is 2. The predicted octanol–water partition coefficient (Wildman–Crippen LogP) is 4.69. The van der Waals surface area contributed by atoms with Crippen LogP contribution in [-0.4, -0.2) is 39.5 Å². The maximum atomic E-state index is 12.4. The Morgan fingerprint density at radius 2 is 1.77 bits per heavy atom. The summed E-state index contributed by atoms with van der Waals surface area (Å²) >= 11 is 1.11. The van der Waals surface area contributed by atoms with E-state index < -0.39 is 5.97 Å². The van der Waals surface area contributed by atoms with E-state index >= 15 is 0 Å². The first-order valence-corrected chi connectivity index (χ1v) is 10.1. The molecular formula is C22H21NO6S. The van der Waals surface area contributed by atoms with E-state index in [4.69, 9.17) is 9.47 Å². The van der Waals surface area contributed by atoms with Crippen LogP contribution in [-0.2, 0) is 9.53 Å². The van der Waals surface area contributed by atoms with Crippen molar-refractivity contribution in [3.8, 4) is 17.2 Å². The monoisotopic (exact) mass is 427 g/mol. The van der Waals surface area contributed by atoms with Gasteiger partial charge in [-0.15, -0.1) is 0 Å². The van der Waals surface area contributed by atoms with Gasteiger partial charge in [0.05, 0.1) is 23.8 Å². The van der Waals surface area contributed by atoms with Crippen LogP contribution in [0.4, 0.5) is 5.69 Å². The number of carbonyl (C=O) groups excluding carboxylic acids is 1. The van der Waals surface area contributed by atoms with Crippen LogP contribution >= 0.6 is 11.8 Å². The fraction of sp³-hybridized carbons (Fsp3) is 0.182. The van der Waals surface area contributed by atoms with Gasteiger partial charge in [-0.1, -0.05) is 17.8 Å². The lowest BCUT2D eigenvalue weighted by atomic mass is 10.1. The van der Waals surface area contributed by atoms with Crippen molar-refractivity contribution < 1.29 is 29.6 Å². The number of esters is 1. The van der Waals surface area contributed by atoms with E-state index in [0.29, 0.717) is 33.6 Å². The molecule has 156 valence electrons. The normalized spacial score (nSPS) is 16.3. The van der Waals surface area contributed by atoms with Crippen LogP contribution in [0.5, 0.6) is 17.2 Å². The van der Waals surface area contributed by atoms with Crippen LogP contribution < -0.4 is 4.74 Å². The van der Waals surface area contributed by atoms with E-state index in [1.165, 1.54) is 12.1 Å². The van der Waals surface area contributed by atoms with E-state index in [2.05, 4.69) is 4.99 Å². The number of hydrogen-bond acceptors (Lipinski definition) is 8. The van der Waals surface area contributed by atoms with Crippen molar-refractivity contribution in [2.24, 2.45) is 4.99 Å². The predicted molar refractivity (Wildman–Crippen MR) is 116 cm³/mol. The standard InChI is InChI=1S/C22H21NO6S/c1-3-28-15-8-6-14(7-9-15)23-21-19(22(27)29-4-2)20(26)18(30-21)12-13-5-10-16(24)17(25)11-13/h5-12,24-26H,3-4H2,1-2H3/b18-12+,23-21?. The van der Waals surface area contributed by atoms with Gasteiger partial charge in [-0.25, -0.2) is 9.79 Å². The molecule has 1 heterocycles. The summed E-state index contributed by atoms with van der Waals surface area (Å²) in [4.78, 5) is 17.3. The third kappa shape index (κ3) is 4.77. The summed E-state index contributed by atoms with van der Waals surface area (Å²) in [6.45, 7) is 4.27. The van der Waals surface area contributed by atoms with E-state index in [1.54, 1.807) is 43.3 Å². The molecule has 1 aliphatic rings. The highest BCUT2D eigenvalue weighted by Gasteiger charge is 2.33. The highest BCUT2D eigenvalue weighted by Crippen LogP contribution is 2.41. The Morgan fingerprint density at radius 1 is 1.03 bits per heavy atom. The zero-order chi connectivity index (χ0) is 21.7. The second-order valence-corrected chi connectivity index (χ2v) is 7.18. The van der Waals surface area contributed by atoms with Crippen molar-refractivity contribution in [2.45, 2.75) is 13.8 Å². The molecule has 1 aliphatic heterocycles. The van der Waals surface area contributed by atoms with Gasteiger partial charge in [0, 0.05) is 0 Å². The summed E-state index contributed by atoms with van der Waals surface area (Å²) in [6.07, 6.45) is 1.58. The molecule has 0 unspecified atom stereocenters. The Morgan fingerprint density at radius 3 is 2.40 bits per heavy atom. The minimum atomic E-state index is -0.677. The molecule has 0 aromatic heterocycles. The Bertz CT molecular complexity index is 1040. The zero-order valence-corrected chi connectivity index (χ0v) is 17.3. The Balaban J connectivity index is 1.99. The van der Waals surface area contributed by atoms with E-state index in [-0.39, 0.29) is 29.4 Å². The lowest BCUT2D eigenvalue weighted by Crippen LogP contribution is -2.12. The van der Waals surface area contributed by atoms with Gasteiger partial charge in [-0.05, 0) is 61.9 Å². The molecule has 0 saturated carbocycles. The summed E-state index contributed by atoms with van der Waals surface area (Å²) in [5.41, 5.74) is 1.09. The number of thioether (sulfide) groups is 1. The quantitative estimate of drug-likeness (QED) is 0.453. The van der Waals surface area contributed by atoms with Gasteiger partial charge >= 0.3 is 5.97 Å². The van der Waals surface area contributed by atoms with Gasteiger partial charge < -0.3 is 24.8 Å². The number of ether oxygens (including phenoxy) is 2. The number of aliphatic hydroxyl groups excluding tert-OH is 1. The number of aliphatic hydroxyl groups is 1. The van der Waals surface area contributed by atoms with Crippen molar-refractivity contribution >= 4 is 34.5 Å². The van der Waals surface area contributed by atoms with Crippen molar-refractivity contribution in [1.82, 2.24) is 0 Å². The molecular weight excluding hydrogens is 406 g/mol. The topological polar surface area (TPSA) is 109 Å². The third-order valence-electron chi connectivity index (χ3n) is 4.05. The number of aliphatic imine (C=N–C) groups is 1. The second-order valence-electron chi connectivity index (χ2n) is 6.15. The maximum absolute atomic E-state index is 12.4. The van der Waals surface area contributed by atoms with E-state index in [0.717, 1.165) is 11.8 Å². The molecule has 0 spiro atoms. The van der Waals surface area contributed by atoms with E-state index in [1.807, 2.05) is 6.92 Å². The van der Waals surface area contributed by atoms with Crippen LogP contribution in [0.2, 0.25) is 0 Å². The van der Waals surface area contributed by atoms with Gasteiger partial charge in [0.15, 0.2) is 11.5 Å². The van der Waals surface area contributed by atoms with Gasteiger partial charge in [0.25, 0.3) is 0 Å². The molecule has 2 aromatic rings. The molecule has 2 aromatic carbocycles. The summed E-state index contributed by atoms with van der Waals surface area (Å²) < 4.78 is 10.5. The number of phenols is 2. The number of aromatic hydroxyl groups is 2. The van der Waals surface area contributed by atoms with Gasteiger partial charge in [-0.2, -0.15) is 0 Å². The average molecular weight is 427 g/mol. The summed E-state index contributed by atoms with van der Waals surface area (Å²) in [5, 5.41) is 30.1. The van der Waals surface area contributed by atoms with Gasteiger partial charge in [0.1, 0.15) is 22.1 Å². The Hall–Kier alpha value is -3.39. The lowest BCUT2D eigenvalue weighted by Gasteiger charge is -2.05. The molecule has 8 heteroatoms. The number of rotatable bonds is 6. The molecule has 7 nitrogen and oxygen atoms in total. The average Bonchev–Trinajstić information content (AvgIpc) is 3.01. The van der Waals surface area contributed by atoms with Crippen LogP contribution in [0, 0.1) is 0 Å². The molecule has 3 rings (SSSR count). The molecule has 30 heavy (non-hydrogen) atoms. The second kappa shape index (κ2) is 9.41. The number of phenolic OH excluding ortho intramolecular Hbond substituents is 2. The molecule has 3 N–H and O–H groups in total. The largest absolute Gasteiger partial charge is 0.506 e. The van der Waals surface area contributed by atoms with Crippen molar-refractivity contribution in [2.75, 3.05) is 13.2 Å². The number of nitrogens with zero attached hydrogens (tertiary/aromatic N) is 1. The first-order chi connectivity index (χ1) is 14.4. The van der Waals surface area contributed by atoms with Crippen LogP contribution in [0.15, 0.2) is 63.7 Å². The number of carbonyl (C=O) groups is 1. The first kappa shape index (κ1) is 21.3. The minimum absolute atomic E-state index is 0.0232. The third-order valence-corrected chi connectivity index (χ3v) is 5.07. The minimum Gasteiger partial charge on any atom is -0.506 e. The molecule has 0 amide bonds. The fourth-order valence-corrected chi connectivity index (χ4v) is 3.71. The van der Waals surface area contributed by atoms with Crippen molar-refractivity contribution in [1.29, 1.82) is 0 Å². The molecule has 0 saturated heterocycles. The van der Waals surface area contributed by atoms with E-state index in [9.17, 15) is 20.1 Å². The van der Waals surface area contributed by atoms with Crippen LogP contribution in [0.1, 0.15) is 19.4 Å². The van der Waals surface area contributed by atoms with Crippen molar-refractivity contribution in [3.05, 3.63) is 64.3 Å². The Kier molecular flexibility index (Phi) is 6.68. The van der Waals surface area contributed by atoms with Gasteiger partial charge in [0.2, 0.25) is 0 Å². The molecule has 0 aliphatic carbocycles. The fourth-order valence-electron chi connectivity index (χ4n) is 2.67. The highest BCUT2D eigenvalue weighted by molar-refractivity contribution is 8.18. The highest BCUT2D eigenvalue weighted by atomic mass is 32.2. The maximum Gasteiger partial charge on any atom is 0.344 e. The molecule has 0 bridgehead atoms. The number of hydrogen-bond donors (Lipinski definition) is 3. The van der Waals surface area contributed by atoms with Crippen LogP contribution in [0.25, 0.3) is 6.08 Å². The zero-order valence-electron chi connectivity index (χ0n) is 16.5.